The largest absolute Gasteiger partial charge is 0.364 e. The van der Waals surface area contributed by atoms with Crippen LogP contribution in [0.5, 0.6) is 0 Å². The van der Waals surface area contributed by atoms with Crippen molar-refractivity contribution < 1.29 is 9.59 Å². The Morgan fingerprint density at radius 2 is 2.12 bits per heavy atom. The molecular formula is C23H30N8O2. The third kappa shape index (κ3) is 4.30. The molecule has 0 bridgehead atoms. The maximum atomic E-state index is 12.5. The third-order valence-corrected chi connectivity index (χ3v) is 6.76. The lowest BCUT2D eigenvalue weighted by Gasteiger charge is -2.37. The van der Waals surface area contributed by atoms with E-state index in [1.54, 1.807) is 11.1 Å². The summed E-state index contributed by atoms with van der Waals surface area (Å²) >= 11 is 0. The van der Waals surface area contributed by atoms with Gasteiger partial charge in [-0.25, -0.2) is 14.8 Å². The molecule has 2 fully saturated rings. The zero-order chi connectivity index (χ0) is 22.9. The zero-order valence-electron chi connectivity index (χ0n) is 18.9. The number of benzene rings is 1. The van der Waals surface area contributed by atoms with E-state index < -0.39 is 5.91 Å². The maximum Gasteiger partial charge on any atom is 0.320 e. The van der Waals surface area contributed by atoms with Crippen molar-refractivity contribution in [1.82, 2.24) is 25.1 Å². The van der Waals surface area contributed by atoms with Crippen molar-refractivity contribution in [2.75, 3.05) is 50.0 Å². The highest BCUT2D eigenvalue weighted by Gasteiger charge is 2.34. The number of primary amides is 1. The summed E-state index contributed by atoms with van der Waals surface area (Å²) in [6.07, 6.45) is 4.49. The number of carbonyl (C=O) groups is 2. The Hall–Kier alpha value is -3.40. The molecule has 10 heteroatoms. The Morgan fingerprint density at radius 1 is 1.24 bits per heavy atom. The van der Waals surface area contributed by atoms with Crippen LogP contribution >= 0.6 is 0 Å². The number of amides is 3. The number of urea groups is 1. The lowest BCUT2D eigenvalue weighted by Crippen LogP contribution is -2.49. The number of fused-ring (bicyclic) bond motifs is 1. The molecule has 3 aliphatic rings. The number of carbonyl (C=O) groups excluding carboxylic acids is 2. The zero-order valence-corrected chi connectivity index (χ0v) is 18.9. The number of anilines is 3. The van der Waals surface area contributed by atoms with Gasteiger partial charge in [0.2, 0.25) is 0 Å². The summed E-state index contributed by atoms with van der Waals surface area (Å²) in [4.78, 5) is 39.5. The molecule has 2 saturated heterocycles. The van der Waals surface area contributed by atoms with Crippen molar-refractivity contribution in [2.24, 2.45) is 5.73 Å². The average molecular weight is 451 g/mol. The quantitative estimate of drug-likeness (QED) is 0.628. The Labute approximate surface area is 193 Å². The number of hydrogen-bond donors (Lipinski definition) is 3. The topological polar surface area (TPSA) is 120 Å². The highest BCUT2D eigenvalue weighted by atomic mass is 16.2. The van der Waals surface area contributed by atoms with Crippen LogP contribution in [0.2, 0.25) is 0 Å². The minimum Gasteiger partial charge on any atom is -0.364 e. The Bertz CT molecular complexity index is 1070. The fraction of sp³-hybridized carbons (Fsp3) is 0.478. The molecule has 0 spiro atoms. The molecular weight excluding hydrogens is 420 g/mol. The number of aromatic nitrogens is 2. The fourth-order valence-electron chi connectivity index (χ4n) is 4.92. The second-order valence-electron chi connectivity index (χ2n) is 8.96. The van der Waals surface area contributed by atoms with E-state index in [0.29, 0.717) is 18.2 Å². The monoisotopic (exact) mass is 450 g/mol. The molecule has 0 aliphatic carbocycles. The molecule has 0 radical (unpaired) electrons. The van der Waals surface area contributed by atoms with E-state index in [9.17, 15) is 9.59 Å². The van der Waals surface area contributed by atoms with E-state index in [1.807, 2.05) is 18.0 Å². The molecule has 0 saturated carbocycles. The molecule has 5 rings (SSSR count). The van der Waals surface area contributed by atoms with E-state index in [-0.39, 0.29) is 17.8 Å². The number of nitrogens with zero attached hydrogens (tertiary/aromatic N) is 5. The van der Waals surface area contributed by atoms with Crippen LogP contribution in [0.15, 0.2) is 24.4 Å². The average Bonchev–Trinajstić information content (AvgIpc) is 3.17. The number of hydrogen-bond acceptors (Lipinski definition) is 7. The number of likely N-dealkylation sites (N-methyl/N-ethyl adjacent to an activating group) is 1. The summed E-state index contributed by atoms with van der Waals surface area (Å²) in [6.45, 7) is 4.83. The summed E-state index contributed by atoms with van der Waals surface area (Å²) in [7, 11) is 1.84. The predicted molar refractivity (Wildman–Crippen MR) is 126 cm³/mol. The minimum absolute atomic E-state index is 0.0852. The lowest BCUT2D eigenvalue weighted by molar-refractivity contribution is 0.0996. The van der Waals surface area contributed by atoms with Crippen molar-refractivity contribution in [3.63, 3.8) is 0 Å². The van der Waals surface area contributed by atoms with Gasteiger partial charge in [0, 0.05) is 45.5 Å². The van der Waals surface area contributed by atoms with Gasteiger partial charge in [0.15, 0.2) is 11.5 Å². The first kappa shape index (κ1) is 21.4. The first-order chi connectivity index (χ1) is 16.0. The summed E-state index contributed by atoms with van der Waals surface area (Å²) in [5.74, 6) is 0.406. The van der Waals surface area contributed by atoms with Crippen LogP contribution in [0.3, 0.4) is 0 Å². The van der Waals surface area contributed by atoms with Crippen LogP contribution in [0.1, 0.15) is 34.5 Å². The second-order valence-corrected chi connectivity index (χ2v) is 8.96. The third-order valence-electron chi connectivity index (χ3n) is 6.76. The first-order valence-corrected chi connectivity index (χ1v) is 11.5. The highest BCUT2D eigenvalue weighted by molar-refractivity contribution is 5.96. The second kappa shape index (κ2) is 8.86. The normalized spacial score (nSPS) is 20.7. The Morgan fingerprint density at radius 3 is 2.91 bits per heavy atom. The van der Waals surface area contributed by atoms with Crippen LogP contribution in [-0.2, 0) is 13.0 Å². The van der Waals surface area contributed by atoms with E-state index in [0.717, 1.165) is 57.7 Å². The van der Waals surface area contributed by atoms with Crippen molar-refractivity contribution in [3.05, 3.63) is 41.2 Å². The van der Waals surface area contributed by atoms with Gasteiger partial charge in [-0.15, -0.1) is 0 Å². The molecule has 1 aromatic carbocycles. The molecule has 1 atom stereocenters. The van der Waals surface area contributed by atoms with Gasteiger partial charge in [0.05, 0.1) is 12.2 Å². The molecule has 33 heavy (non-hydrogen) atoms. The minimum atomic E-state index is -0.624. The van der Waals surface area contributed by atoms with Crippen molar-refractivity contribution in [1.29, 1.82) is 0 Å². The SMILES string of the molecule is CN1CCN(C2CCCN(c3cnc(C(N)=O)c(Nc4ccc5c(c4)CCNC5)n3)C2)C1=O. The van der Waals surface area contributed by atoms with Crippen molar-refractivity contribution in [2.45, 2.75) is 31.8 Å². The molecule has 3 amide bonds. The lowest BCUT2D eigenvalue weighted by atomic mass is 10.0. The van der Waals surface area contributed by atoms with E-state index in [2.05, 4.69) is 32.7 Å². The van der Waals surface area contributed by atoms with Crippen molar-refractivity contribution >= 4 is 29.3 Å². The van der Waals surface area contributed by atoms with Gasteiger partial charge < -0.3 is 31.1 Å². The van der Waals surface area contributed by atoms with Crippen LogP contribution in [0.25, 0.3) is 0 Å². The van der Waals surface area contributed by atoms with Gasteiger partial charge in [-0.2, -0.15) is 0 Å². The number of nitrogens with two attached hydrogens (primary N) is 1. The van der Waals surface area contributed by atoms with E-state index >= 15 is 0 Å². The first-order valence-electron chi connectivity index (χ1n) is 11.5. The summed E-state index contributed by atoms with van der Waals surface area (Å²) < 4.78 is 0. The molecule has 174 valence electrons. The van der Waals surface area contributed by atoms with Gasteiger partial charge in [-0.1, -0.05) is 6.07 Å². The molecule has 1 unspecified atom stereocenters. The van der Waals surface area contributed by atoms with E-state index in [1.165, 1.54) is 11.1 Å². The van der Waals surface area contributed by atoms with Gasteiger partial charge in [-0.05, 0) is 49.1 Å². The molecule has 2 aromatic rings. The van der Waals surface area contributed by atoms with Gasteiger partial charge in [0.1, 0.15) is 5.82 Å². The van der Waals surface area contributed by atoms with Crippen molar-refractivity contribution in [3.8, 4) is 0 Å². The van der Waals surface area contributed by atoms with Crippen LogP contribution in [-0.4, -0.2) is 77.5 Å². The Kier molecular flexibility index (Phi) is 5.76. The fourth-order valence-corrected chi connectivity index (χ4v) is 4.92. The summed E-state index contributed by atoms with van der Waals surface area (Å²) in [5.41, 5.74) is 9.12. The number of piperidine rings is 1. The van der Waals surface area contributed by atoms with Gasteiger partial charge in [0.25, 0.3) is 5.91 Å². The van der Waals surface area contributed by atoms with Gasteiger partial charge >= 0.3 is 6.03 Å². The Balaban J connectivity index is 1.38. The molecule has 3 aliphatic heterocycles. The predicted octanol–water partition coefficient (Wildman–Crippen LogP) is 1.30. The molecule has 10 nitrogen and oxygen atoms in total. The van der Waals surface area contributed by atoms with Crippen LogP contribution in [0.4, 0.5) is 22.1 Å². The molecule has 1 aromatic heterocycles. The van der Waals surface area contributed by atoms with E-state index in [4.69, 9.17) is 10.7 Å². The highest BCUT2D eigenvalue weighted by Crippen LogP contribution is 2.27. The summed E-state index contributed by atoms with van der Waals surface area (Å²) in [6, 6.07) is 6.39. The van der Waals surface area contributed by atoms with Crippen LogP contribution in [0, 0.1) is 0 Å². The van der Waals surface area contributed by atoms with Gasteiger partial charge in [-0.3, -0.25) is 4.79 Å². The molecule has 4 heterocycles. The smallest absolute Gasteiger partial charge is 0.320 e. The van der Waals surface area contributed by atoms with Crippen LogP contribution < -0.4 is 21.3 Å². The summed E-state index contributed by atoms with van der Waals surface area (Å²) in [5, 5.41) is 6.64. The molecule has 4 N–H and O–H groups in total. The number of rotatable bonds is 5. The maximum absolute atomic E-state index is 12.5. The standard InChI is InChI=1S/C23H30N8O2/c1-29-9-10-31(23(29)33)18-3-2-8-30(14-18)19-13-26-20(21(24)32)22(28-19)27-17-5-4-16-12-25-7-6-15(16)11-17/h4-5,11,13,18,25H,2-3,6-10,12,14H2,1H3,(H2,24,32)(H,27,28). The number of nitrogens with one attached hydrogen (secondary N) is 2.